The maximum Gasteiger partial charge on any atom is 0.157 e. The minimum atomic E-state index is 0.267. The summed E-state index contributed by atoms with van der Waals surface area (Å²) in [5, 5.41) is 0. The van der Waals surface area contributed by atoms with Gasteiger partial charge in [-0.1, -0.05) is 13.8 Å². The molecule has 0 aromatic carbocycles. The predicted molar refractivity (Wildman–Crippen MR) is 65.3 cm³/mol. The highest BCUT2D eigenvalue weighted by Gasteiger charge is 2.22. The van der Waals surface area contributed by atoms with Gasteiger partial charge in [-0.05, 0) is 19.3 Å². The Kier molecular flexibility index (Phi) is 5.53. The summed E-state index contributed by atoms with van der Waals surface area (Å²) >= 11 is 0. The van der Waals surface area contributed by atoms with Crippen molar-refractivity contribution >= 4 is 5.78 Å². The number of ether oxygens (including phenoxy) is 1. The maximum absolute atomic E-state index is 11.3. The molecule has 0 atom stereocenters. The van der Waals surface area contributed by atoms with Crippen molar-refractivity contribution in [2.75, 3.05) is 20.3 Å². The van der Waals surface area contributed by atoms with E-state index in [4.69, 9.17) is 4.74 Å². The summed E-state index contributed by atoms with van der Waals surface area (Å²) in [6, 6.07) is 0.535. The highest BCUT2D eigenvalue weighted by Crippen LogP contribution is 2.23. The Hall–Kier alpha value is -0.830. The molecule has 0 radical (unpaired) electrons. The molecule has 0 unspecified atom stereocenters. The Balaban J connectivity index is 2.69. The average Bonchev–Trinajstić information content (AvgIpc) is 2.71. The maximum atomic E-state index is 11.3. The van der Waals surface area contributed by atoms with Crippen LogP contribution < -0.4 is 0 Å². The lowest BCUT2D eigenvalue weighted by Crippen LogP contribution is -2.35. The van der Waals surface area contributed by atoms with Crippen molar-refractivity contribution in [2.24, 2.45) is 0 Å². The minimum Gasteiger partial charge on any atom is -0.383 e. The van der Waals surface area contributed by atoms with Crippen LogP contribution in [-0.4, -0.2) is 37.0 Å². The number of rotatable bonds is 7. The topological polar surface area (TPSA) is 29.5 Å². The van der Waals surface area contributed by atoms with Crippen LogP contribution in [0, 0.1) is 0 Å². The third-order valence-corrected chi connectivity index (χ3v) is 3.24. The van der Waals surface area contributed by atoms with Gasteiger partial charge in [0.15, 0.2) is 5.78 Å². The molecule has 0 aliphatic heterocycles. The molecule has 3 heteroatoms. The van der Waals surface area contributed by atoms with E-state index in [0.29, 0.717) is 12.5 Å². The Bertz CT molecular complexity index is 257. The van der Waals surface area contributed by atoms with Gasteiger partial charge in [0.1, 0.15) is 0 Å². The van der Waals surface area contributed by atoms with Crippen LogP contribution in [-0.2, 0) is 9.53 Å². The first-order chi connectivity index (χ1) is 7.72. The van der Waals surface area contributed by atoms with Crippen LogP contribution in [0.2, 0.25) is 0 Å². The zero-order chi connectivity index (χ0) is 12.0. The SMILES string of the molecule is CCC(CC)N(CCOC)C1=CC(=O)CC1. The Morgan fingerprint density at radius 3 is 2.50 bits per heavy atom. The molecule has 1 rings (SSSR count). The monoisotopic (exact) mass is 225 g/mol. The van der Waals surface area contributed by atoms with Crippen LogP contribution in [0.4, 0.5) is 0 Å². The molecular formula is C13H23NO2. The van der Waals surface area contributed by atoms with E-state index in [2.05, 4.69) is 18.7 Å². The van der Waals surface area contributed by atoms with Gasteiger partial charge < -0.3 is 9.64 Å². The molecule has 0 amide bonds. The lowest BCUT2D eigenvalue weighted by atomic mass is 10.1. The lowest BCUT2D eigenvalue weighted by molar-refractivity contribution is -0.114. The number of allylic oxidation sites excluding steroid dienone is 2. The van der Waals surface area contributed by atoms with Crippen LogP contribution in [0.1, 0.15) is 39.5 Å². The molecule has 16 heavy (non-hydrogen) atoms. The molecule has 0 saturated heterocycles. The van der Waals surface area contributed by atoms with Crippen molar-refractivity contribution in [3.8, 4) is 0 Å². The van der Waals surface area contributed by atoms with E-state index < -0.39 is 0 Å². The second kappa shape index (κ2) is 6.69. The summed E-state index contributed by atoms with van der Waals surface area (Å²) in [4.78, 5) is 13.7. The molecule has 0 saturated carbocycles. The molecule has 0 spiro atoms. The molecule has 0 bridgehead atoms. The molecule has 1 aliphatic rings. The van der Waals surface area contributed by atoms with Gasteiger partial charge in [-0.3, -0.25) is 4.79 Å². The van der Waals surface area contributed by atoms with Crippen LogP contribution in [0.25, 0.3) is 0 Å². The van der Waals surface area contributed by atoms with Crippen LogP contribution in [0.5, 0.6) is 0 Å². The summed E-state index contributed by atoms with van der Waals surface area (Å²) in [6.45, 7) is 6.01. The number of hydrogen-bond donors (Lipinski definition) is 0. The second-order valence-electron chi connectivity index (χ2n) is 4.26. The highest BCUT2D eigenvalue weighted by molar-refractivity contribution is 5.92. The number of nitrogens with zero attached hydrogens (tertiary/aromatic N) is 1. The van der Waals surface area contributed by atoms with E-state index in [-0.39, 0.29) is 5.78 Å². The third-order valence-electron chi connectivity index (χ3n) is 3.24. The molecule has 0 fully saturated rings. The van der Waals surface area contributed by atoms with Crippen LogP contribution in [0.3, 0.4) is 0 Å². The summed E-state index contributed by atoms with van der Waals surface area (Å²) in [5.74, 6) is 0.267. The predicted octanol–water partition coefficient (Wildman–Crippen LogP) is 2.37. The van der Waals surface area contributed by atoms with Crippen molar-refractivity contribution in [3.63, 3.8) is 0 Å². The fraction of sp³-hybridized carbons (Fsp3) is 0.769. The Labute approximate surface area is 98.5 Å². The molecule has 0 aromatic heterocycles. The van der Waals surface area contributed by atoms with Crippen LogP contribution >= 0.6 is 0 Å². The second-order valence-corrected chi connectivity index (χ2v) is 4.26. The first-order valence-electron chi connectivity index (χ1n) is 6.21. The van der Waals surface area contributed by atoms with Gasteiger partial charge in [-0.15, -0.1) is 0 Å². The minimum absolute atomic E-state index is 0.267. The van der Waals surface area contributed by atoms with Gasteiger partial charge in [-0.25, -0.2) is 0 Å². The van der Waals surface area contributed by atoms with E-state index >= 15 is 0 Å². The summed E-state index contributed by atoms with van der Waals surface area (Å²) in [6.07, 6.45) is 5.63. The average molecular weight is 225 g/mol. The number of carbonyl (C=O) groups is 1. The normalized spacial score (nSPS) is 15.8. The third kappa shape index (κ3) is 3.34. The number of hydrogen-bond acceptors (Lipinski definition) is 3. The zero-order valence-corrected chi connectivity index (χ0v) is 10.7. The van der Waals surface area contributed by atoms with E-state index in [9.17, 15) is 4.79 Å². The van der Waals surface area contributed by atoms with E-state index in [1.807, 2.05) is 6.08 Å². The summed E-state index contributed by atoms with van der Waals surface area (Å²) in [5.41, 5.74) is 1.20. The zero-order valence-electron chi connectivity index (χ0n) is 10.7. The van der Waals surface area contributed by atoms with Gasteiger partial charge in [0.05, 0.1) is 6.61 Å². The van der Waals surface area contributed by atoms with Gasteiger partial charge >= 0.3 is 0 Å². The largest absolute Gasteiger partial charge is 0.383 e. The molecular weight excluding hydrogens is 202 g/mol. The van der Waals surface area contributed by atoms with E-state index in [1.165, 1.54) is 5.70 Å². The quantitative estimate of drug-likeness (QED) is 0.666. The number of carbonyl (C=O) groups excluding carboxylic acids is 1. The van der Waals surface area contributed by atoms with Crippen LogP contribution in [0.15, 0.2) is 11.8 Å². The van der Waals surface area contributed by atoms with Crippen molar-refractivity contribution < 1.29 is 9.53 Å². The lowest BCUT2D eigenvalue weighted by Gasteiger charge is -2.33. The van der Waals surface area contributed by atoms with Crippen molar-refractivity contribution in [3.05, 3.63) is 11.8 Å². The smallest absolute Gasteiger partial charge is 0.157 e. The molecule has 92 valence electrons. The fourth-order valence-electron chi connectivity index (χ4n) is 2.29. The van der Waals surface area contributed by atoms with Crippen molar-refractivity contribution in [1.29, 1.82) is 0 Å². The molecule has 0 aromatic rings. The number of ketones is 1. The molecule has 0 heterocycles. The van der Waals surface area contributed by atoms with Gasteiger partial charge in [0.25, 0.3) is 0 Å². The number of methoxy groups -OCH3 is 1. The molecule has 1 aliphatic carbocycles. The van der Waals surface area contributed by atoms with E-state index in [1.54, 1.807) is 7.11 Å². The first kappa shape index (κ1) is 13.2. The molecule has 0 N–H and O–H groups in total. The Morgan fingerprint density at radius 1 is 1.38 bits per heavy atom. The van der Waals surface area contributed by atoms with E-state index in [0.717, 1.165) is 32.4 Å². The standard InChI is InChI=1S/C13H23NO2/c1-4-11(5-2)14(8-9-16-3)12-6-7-13(15)10-12/h10-11H,4-9H2,1-3H3. The van der Waals surface area contributed by atoms with Gasteiger partial charge in [0.2, 0.25) is 0 Å². The summed E-state index contributed by atoms with van der Waals surface area (Å²) < 4.78 is 5.14. The van der Waals surface area contributed by atoms with Gasteiger partial charge in [0, 0.05) is 37.9 Å². The highest BCUT2D eigenvalue weighted by atomic mass is 16.5. The Morgan fingerprint density at radius 2 is 2.06 bits per heavy atom. The van der Waals surface area contributed by atoms with Crippen molar-refractivity contribution in [2.45, 2.75) is 45.6 Å². The summed E-state index contributed by atoms with van der Waals surface area (Å²) in [7, 11) is 1.72. The van der Waals surface area contributed by atoms with Crippen molar-refractivity contribution in [1.82, 2.24) is 4.90 Å². The fourth-order valence-corrected chi connectivity index (χ4v) is 2.29. The molecule has 3 nitrogen and oxygen atoms in total. The van der Waals surface area contributed by atoms with Gasteiger partial charge in [-0.2, -0.15) is 0 Å². The first-order valence-corrected chi connectivity index (χ1v) is 6.21.